The fraction of sp³-hybridized carbons (Fsp3) is 0.158. The van der Waals surface area contributed by atoms with E-state index in [4.69, 9.17) is 0 Å². The number of hydrogen-bond acceptors (Lipinski definition) is 0. The van der Waals surface area contributed by atoms with Crippen molar-refractivity contribution in [2.45, 2.75) is 19.8 Å². The van der Waals surface area contributed by atoms with Crippen LogP contribution in [0.15, 0.2) is 60.2 Å². The molecule has 2 aromatic carbocycles. The Hall–Kier alpha value is -0.630. The van der Waals surface area contributed by atoms with E-state index >= 15 is 0 Å². The van der Waals surface area contributed by atoms with Crippen LogP contribution in [0.4, 0.5) is 0 Å². The van der Waals surface area contributed by atoms with E-state index in [1.165, 1.54) is 27.8 Å². The van der Waals surface area contributed by atoms with Gasteiger partial charge in [0.1, 0.15) is 0 Å². The summed E-state index contributed by atoms with van der Waals surface area (Å²) in [7, 11) is 0. The molecule has 0 bridgehead atoms. The van der Waals surface area contributed by atoms with E-state index in [1.807, 2.05) is 6.07 Å². The molecule has 0 aromatic heterocycles. The summed E-state index contributed by atoms with van der Waals surface area (Å²) in [5, 5.41) is 0. The normalized spacial score (nSPS) is 12.3. The zero-order valence-electron chi connectivity index (χ0n) is 12.4. The van der Waals surface area contributed by atoms with Gasteiger partial charge in [-0.3, -0.25) is 6.08 Å². The van der Waals surface area contributed by atoms with Crippen LogP contribution in [-0.2, 0) is 32.3 Å². The van der Waals surface area contributed by atoms with Crippen molar-refractivity contribution in [1.82, 2.24) is 0 Å². The van der Waals surface area contributed by atoms with Crippen LogP contribution in [-0.4, -0.2) is 0 Å². The first kappa shape index (κ1) is 21.4. The van der Waals surface area contributed by atoms with Crippen molar-refractivity contribution >= 4 is 0 Å². The van der Waals surface area contributed by atoms with E-state index in [0.717, 1.165) is 12.8 Å². The molecule has 0 atom stereocenters. The van der Waals surface area contributed by atoms with Gasteiger partial charge in [-0.05, 0) is 6.42 Å². The zero-order chi connectivity index (χ0) is 13.1. The molecule has 2 aliphatic rings. The summed E-state index contributed by atoms with van der Waals surface area (Å²) in [5.41, 5.74) is 6.78. The summed E-state index contributed by atoms with van der Waals surface area (Å²) in [6.45, 7) is 2.06. The molecule has 0 N–H and O–H groups in total. The molecule has 22 heavy (non-hydrogen) atoms. The second kappa shape index (κ2) is 10.2. The third-order valence-corrected chi connectivity index (χ3v) is 3.48. The van der Waals surface area contributed by atoms with E-state index in [9.17, 15) is 0 Å². The minimum absolute atomic E-state index is 0. The quantitative estimate of drug-likeness (QED) is 0.272. The van der Waals surface area contributed by atoms with Gasteiger partial charge in [-0.1, -0.05) is 42.3 Å². The predicted molar refractivity (Wildman–Crippen MR) is 79.7 cm³/mol. The van der Waals surface area contributed by atoms with Gasteiger partial charge in [-0.15, -0.1) is 12.0 Å². The van der Waals surface area contributed by atoms with Crippen LogP contribution in [0.1, 0.15) is 24.5 Å². The Morgan fingerprint density at radius 3 is 2.32 bits per heavy atom. The molecule has 0 saturated carbocycles. The molecule has 0 radical (unpaired) electrons. The Kier molecular flexibility index (Phi) is 9.91. The molecule has 0 spiro atoms. The molecule has 2 aliphatic carbocycles. The third kappa shape index (κ3) is 4.94. The number of halogens is 2. The maximum Gasteiger partial charge on any atom is 4.00 e. The van der Waals surface area contributed by atoms with E-state index in [1.54, 1.807) is 0 Å². The molecule has 0 nitrogen and oxygen atoms in total. The summed E-state index contributed by atoms with van der Waals surface area (Å²) < 4.78 is 0. The van der Waals surface area contributed by atoms with Gasteiger partial charge < -0.3 is 24.8 Å². The van der Waals surface area contributed by atoms with Crippen molar-refractivity contribution in [2.75, 3.05) is 0 Å². The smallest absolute Gasteiger partial charge is 1.00 e. The first-order chi connectivity index (χ1) is 9.34. The van der Waals surface area contributed by atoms with Gasteiger partial charge in [0.15, 0.2) is 0 Å². The van der Waals surface area contributed by atoms with Gasteiger partial charge in [-0.25, -0.2) is 11.6 Å². The van der Waals surface area contributed by atoms with Crippen molar-refractivity contribution in [2.24, 2.45) is 0 Å². The largest absolute Gasteiger partial charge is 4.00 e. The Morgan fingerprint density at radius 1 is 0.955 bits per heavy atom. The van der Waals surface area contributed by atoms with Crippen LogP contribution in [0.25, 0.3) is 11.1 Å². The standard InChI is InChI=1S/C13H9.C6H7.2ClH.Hf/c1-3-7-12-10(5-1)9-11-6-2-4-8-13(11)12;1-6-4-2-3-5-6;;;/h1-5,7-8H,9H2;2,4H,3H2,1H3;2*1H;/q2*-1;;;+4/p-2. The second-order valence-corrected chi connectivity index (χ2v) is 4.86. The number of rotatable bonds is 0. The molecule has 0 aliphatic heterocycles. The van der Waals surface area contributed by atoms with Crippen molar-refractivity contribution in [3.8, 4) is 11.1 Å². The van der Waals surface area contributed by atoms with Gasteiger partial charge in [0.2, 0.25) is 0 Å². The molecular formula is C19H16Cl2Hf. The molecule has 0 saturated heterocycles. The minimum atomic E-state index is 0. The third-order valence-electron chi connectivity index (χ3n) is 3.48. The first-order valence-electron chi connectivity index (χ1n) is 6.66. The molecule has 0 unspecified atom stereocenters. The maximum absolute atomic E-state index is 3.30. The van der Waals surface area contributed by atoms with Gasteiger partial charge >= 0.3 is 25.8 Å². The van der Waals surface area contributed by atoms with Crippen LogP contribution in [0.2, 0.25) is 0 Å². The summed E-state index contributed by atoms with van der Waals surface area (Å²) in [4.78, 5) is 0. The number of fused-ring (bicyclic) bond motifs is 3. The molecule has 0 amide bonds. The molecular weight excluding hydrogens is 478 g/mol. The van der Waals surface area contributed by atoms with Crippen molar-refractivity contribution in [1.29, 1.82) is 0 Å². The zero-order valence-corrected chi connectivity index (χ0v) is 17.5. The van der Waals surface area contributed by atoms with E-state index in [0.29, 0.717) is 0 Å². The SMILES string of the molecule is CC1=[C-]CC=C1.[Cl-].[Cl-].[Hf+4].[c-]1cccc2c1Cc1ccccc1-2. The fourth-order valence-electron chi connectivity index (χ4n) is 2.51. The van der Waals surface area contributed by atoms with Crippen molar-refractivity contribution in [3.05, 3.63) is 83.5 Å². The van der Waals surface area contributed by atoms with Crippen LogP contribution in [0, 0.1) is 12.1 Å². The fourth-order valence-corrected chi connectivity index (χ4v) is 2.51. The minimum Gasteiger partial charge on any atom is -1.00 e. The molecule has 2 aromatic rings. The Morgan fingerprint density at radius 2 is 1.68 bits per heavy atom. The van der Waals surface area contributed by atoms with Crippen molar-refractivity contribution < 1.29 is 50.7 Å². The van der Waals surface area contributed by atoms with E-state index in [-0.39, 0.29) is 50.7 Å². The van der Waals surface area contributed by atoms with Crippen LogP contribution in [0.3, 0.4) is 0 Å². The van der Waals surface area contributed by atoms with Gasteiger partial charge in [0.25, 0.3) is 0 Å². The maximum atomic E-state index is 3.30. The molecule has 110 valence electrons. The molecule has 3 heteroatoms. The monoisotopic (exact) mass is 494 g/mol. The summed E-state index contributed by atoms with van der Waals surface area (Å²) in [5.74, 6) is 0. The Bertz CT molecular complexity index is 614. The average Bonchev–Trinajstić information content (AvgIpc) is 3.06. The Labute approximate surface area is 164 Å². The summed E-state index contributed by atoms with van der Waals surface area (Å²) >= 11 is 0. The average molecular weight is 494 g/mol. The van der Waals surface area contributed by atoms with Gasteiger partial charge in [0.05, 0.1) is 0 Å². The Balaban J connectivity index is 0.000000429. The summed E-state index contributed by atoms with van der Waals surface area (Å²) in [6, 6.07) is 18.1. The van der Waals surface area contributed by atoms with Crippen LogP contribution in [0.5, 0.6) is 0 Å². The second-order valence-electron chi connectivity index (χ2n) is 4.86. The number of benzene rings is 2. The van der Waals surface area contributed by atoms with E-state index in [2.05, 4.69) is 67.6 Å². The van der Waals surface area contributed by atoms with Crippen molar-refractivity contribution in [3.63, 3.8) is 0 Å². The molecule has 0 fully saturated rings. The summed E-state index contributed by atoms with van der Waals surface area (Å²) in [6.07, 6.45) is 9.38. The van der Waals surface area contributed by atoms with E-state index < -0.39 is 0 Å². The molecule has 0 heterocycles. The predicted octanol–water partition coefficient (Wildman–Crippen LogP) is -1.24. The van der Waals surface area contributed by atoms with Gasteiger partial charge in [-0.2, -0.15) is 35.9 Å². The number of allylic oxidation sites excluding steroid dienone is 4. The molecule has 4 rings (SSSR count). The topological polar surface area (TPSA) is 0 Å². The van der Waals surface area contributed by atoms with Gasteiger partial charge in [0, 0.05) is 0 Å². The van der Waals surface area contributed by atoms with Crippen LogP contribution >= 0.6 is 0 Å². The number of hydrogen-bond donors (Lipinski definition) is 0. The first-order valence-corrected chi connectivity index (χ1v) is 6.66. The van der Waals surface area contributed by atoms with Crippen LogP contribution < -0.4 is 24.8 Å².